The van der Waals surface area contributed by atoms with Crippen LogP contribution in [0.2, 0.25) is 0 Å². The second-order valence-electron chi connectivity index (χ2n) is 6.90. The van der Waals surface area contributed by atoms with E-state index in [9.17, 15) is 9.59 Å². The lowest BCUT2D eigenvalue weighted by Crippen LogP contribution is -2.41. The number of hydrogen-bond acceptors (Lipinski definition) is 5. The summed E-state index contributed by atoms with van der Waals surface area (Å²) in [6.45, 7) is 6.58. The number of aryl methyl sites for hydroxylation is 1. The predicted octanol–water partition coefficient (Wildman–Crippen LogP) is 2.49. The molecule has 0 radical (unpaired) electrons. The number of H-pyrrole nitrogens is 2. The Morgan fingerprint density at radius 1 is 1.22 bits per heavy atom. The largest absolute Gasteiger partial charge is 0.375 e. The molecule has 3 heterocycles. The number of aromatic nitrogens is 2. The third-order valence-corrected chi connectivity index (χ3v) is 4.83. The second-order valence-corrected chi connectivity index (χ2v) is 6.90. The molecular formula is C20H22N4O3. The fourth-order valence-electron chi connectivity index (χ4n) is 3.60. The molecule has 0 aliphatic carbocycles. The van der Waals surface area contributed by atoms with Crippen molar-refractivity contribution in [2.24, 2.45) is 0 Å². The van der Waals surface area contributed by atoms with E-state index in [0.717, 1.165) is 30.9 Å². The lowest BCUT2D eigenvalue weighted by atomic mass is 10.1. The molecule has 0 saturated carbocycles. The van der Waals surface area contributed by atoms with Gasteiger partial charge in [-0.25, -0.2) is 0 Å². The molecule has 1 aliphatic rings. The predicted molar refractivity (Wildman–Crippen MR) is 107 cm³/mol. The number of ether oxygens (including phenoxy) is 1. The summed E-state index contributed by atoms with van der Waals surface area (Å²) in [6, 6.07) is 9.17. The number of rotatable bonds is 3. The highest BCUT2D eigenvalue weighted by Gasteiger charge is 2.18. The lowest BCUT2D eigenvalue weighted by Gasteiger charge is -2.34. The number of fused-ring (bicyclic) bond motifs is 1. The van der Waals surface area contributed by atoms with Crippen LogP contribution in [-0.4, -0.2) is 35.8 Å². The van der Waals surface area contributed by atoms with E-state index in [4.69, 9.17) is 4.74 Å². The van der Waals surface area contributed by atoms with Crippen LogP contribution in [0.3, 0.4) is 0 Å². The molecule has 2 aromatic heterocycles. The first kappa shape index (κ1) is 17.4. The Bertz CT molecular complexity index is 1100. The Balaban J connectivity index is 1.68. The normalized spacial score (nSPS) is 17.3. The highest BCUT2D eigenvalue weighted by molar-refractivity contribution is 5.92. The van der Waals surface area contributed by atoms with Crippen LogP contribution in [0.5, 0.6) is 0 Å². The number of morpholine rings is 1. The van der Waals surface area contributed by atoms with Crippen molar-refractivity contribution in [3.8, 4) is 0 Å². The van der Waals surface area contributed by atoms with Gasteiger partial charge in [-0.1, -0.05) is 0 Å². The molecule has 3 aromatic rings. The van der Waals surface area contributed by atoms with Crippen LogP contribution in [0.1, 0.15) is 12.5 Å². The Kier molecular flexibility index (Phi) is 4.45. The van der Waals surface area contributed by atoms with Crippen LogP contribution >= 0.6 is 0 Å². The van der Waals surface area contributed by atoms with Gasteiger partial charge >= 0.3 is 0 Å². The number of nitrogens with one attached hydrogen (secondary N) is 3. The summed E-state index contributed by atoms with van der Waals surface area (Å²) < 4.78 is 5.62. The standard InChI is InChI=1S/C20H22N4O3/c1-12-9-15(3-4-16(12)24-7-8-27-13(2)11-24)22-19-18-14(10-17(25)23-19)5-6-21-20(18)26/h3-6,9-10,13H,7-8,11H2,1-2H3,(H,21,26)(H2,22,23,25)/t13-/m1/s1. The van der Waals surface area contributed by atoms with Crippen LogP contribution in [-0.2, 0) is 4.74 Å². The van der Waals surface area contributed by atoms with Crippen LogP contribution in [0.15, 0.2) is 46.1 Å². The molecule has 1 saturated heterocycles. The number of aromatic amines is 2. The second kappa shape index (κ2) is 6.92. The van der Waals surface area contributed by atoms with Gasteiger partial charge in [-0.15, -0.1) is 0 Å². The molecule has 1 atom stereocenters. The SMILES string of the molecule is Cc1cc(Nc2[nH]c(=O)cc3cc[nH]c(=O)c23)ccc1N1CCO[C@H](C)C1. The van der Waals surface area contributed by atoms with Gasteiger partial charge in [-0.05, 0) is 49.1 Å². The van der Waals surface area contributed by atoms with Gasteiger partial charge in [0.15, 0.2) is 0 Å². The highest BCUT2D eigenvalue weighted by atomic mass is 16.5. The van der Waals surface area contributed by atoms with Crippen molar-refractivity contribution in [1.29, 1.82) is 0 Å². The minimum atomic E-state index is -0.258. The van der Waals surface area contributed by atoms with Gasteiger partial charge in [0.05, 0.1) is 18.1 Å². The molecular weight excluding hydrogens is 344 g/mol. The van der Waals surface area contributed by atoms with E-state index >= 15 is 0 Å². The first-order valence-corrected chi connectivity index (χ1v) is 9.00. The van der Waals surface area contributed by atoms with Crippen molar-refractivity contribution in [3.63, 3.8) is 0 Å². The maximum Gasteiger partial charge on any atom is 0.259 e. The summed E-state index contributed by atoms with van der Waals surface area (Å²) in [7, 11) is 0. The van der Waals surface area contributed by atoms with Crippen LogP contribution in [0, 0.1) is 6.92 Å². The quantitative estimate of drug-likeness (QED) is 0.663. The zero-order chi connectivity index (χ0) is 19.0. The van der Waals surface area contributed by atoms with Crippen molar-refractivity contribution >= 4 is 28.0 Å². The molecule has 4 rings (SSSR count). The van der Waals surface area contributed by atoms with Crippen molar-refractivity contribution < 1.29 is 4.74 Å². The van der Waals surface area contributed by atoms with E-state index < -0.39 is 0 Å². The molecule has 0 spiro atoms. The minimum Gasteiger partial charge on any atom is -0.375 e. The van der Waals surface area contributed by atoms with Crippen LogP contribution in [0.4, 0.5) is 17.2 Å². The Hall–Kier alpha value is -3.06. The van der Waals surface area contributed by atoms with Gasteiger partial charge in [-0.3, -0.25) is 9.59 Å². The molecule has 1 aliphatic heterocycles. The minimum absolute atomic E-state index is 0.212. The number of benzene rings is 1. The zero-order valence-electron chi connectivity index (χ0n) is 15.3. The van der Waals surface area contributed by atoms with Gasteiger partial charge in [-0.2, -0.15) is 0 Å². The topological polar surface area (TPSA) is 90.2 Å². The third kappa shape index (κ3) is 3.46. The Morgan fingerprint density at radius 3 is 2.85 bits per heavy atom. The number of pyridine rings is 2. The molecule has 3 N–H and O–H groups in total. The average molecular weight is 366 g/mol. The first-order valence-electron chi connectivity index (χ1n) is 9.00. The monoisotopic (exact) mass is 366 g/mol. The molecule has 1 aromatic carbocycles. The number of anilines is 3. The number of hydrogen-bond donors (Lipinski definition) is 3. The summed E-state index contributed by atoms with van der Waals surface area (Å²) in [5.74, 6) is 0.395. The smallest absolute Gasteiger partial charge is 0.259 e. The number of nitrogens with zero attached hydrogens (tertiary/aromatic N) is 1. The summed E-state index contributed by atoms with van der Waals surface area (Å²) in [4.78, 5) is 31.9. The third-order valence-electron chi connectivity index (χ3n) is 4.83. The van der Waals surface area contributed by atoms with Gasteiger partial charge in [0.25, 0.3) is 5.56 Å². The molecule has 7 heteroatoms. The summed E-state index contributed by atoms with van der Waals surface area (Å²) in [6.07, 6.45) is 1.75. The van der Waals surface area contributed by atoms with Gasteiger partial charge in [0, 0.05) is 36.7 Å². The summed E-state index contributed by atoms with van der Waals surface area (Å²) >= 11 is 0. The molecule has 140 valence electrons. The van der Waals surface area contributed by atoms with E-state index in [0.29, 0.717) is 16.6 Å². The van der Waals surface area contributed by atoms with E-state index in [1.807, 2.05) is 12.1 Å². The van der Waals surface area contributed by atoms with Gasteiger partial charge in [0.2, 0.25) is 5.56 Å². The molecule has 7 nitrogen and oxygen atoms in total. The zero-order valence-corrected chi connectivity index (χ0v) is 15.3. The van der Waals surface area contributed by atoms with Gasteiger partial charge in [0.1, 0.15) is 5.82 Å². The molecule has 27 heavy (non-hydrogen) atoms. The summed E-state index contributed by atoms with van der Waals surface area (Å²) in [5, 5.41) is 4.22. The Morgan fingerprint density at radius 2 is 2.07 bits per heavy atom. The lowest BCUT2D eigenvalue weighted by molar-refractivity contribution is 0.0532. The first-order chi connectivity index (χ1) is 13.0. The Labute approximate surface area is 156 Å². The fourth-order valence-corrected chi connectivity index (χ4v) is 3.60. The van der Waals surface area contributed by atoms with Crippen molar-refractivity contribution in [1.82, 2.24) is 9.97 Å². The molecule has 0 bridgehead atoms. The van der Waals surface area contributed by atoms with E-state index in [1.54, 1.807) is 6.07 Å². The molecule has 1 fully saturated rings. The molecule has 0 amide bonds. The fraction of sp³-hybridized carbons (Fsp3) is 0.300. The maximum atomic E-state index is 12.2. The van der Waals surface area contributed by atoms with E-state index in [1.165, 1.54) is 18.0 Å². The van der Waals surface area contributed by atoms with Crippen molar-refractivity contribution in [2.75, 3.05) is 29.9 Å². The maximum absolute atomic E-state index is 12.2. The molecule has 0 unspecified atom stereocenters. The van der Waals surface area contributed by atoms with Gasteiger partial charge < -0.3 is 24.9 Å². The average Bonchev–Trinajstić information content (AvgIpc) is 2.61. The van der Waals surface area contributed by atoms with Crippen molar-refractivity contribution in [2.45, 2.75) is 20.0 Å². The van der Waals surface area contributed by atoms with Crippen LogP contribution in [0.25, 0.3) is 10.8 Å². The van der Waals surface area contributed by atoms with E-state index in [2.05, 4.69) is 40.1 Å². The summed E-state index contributed by atoms with van der Waals surface area (Å²) in [5.41, 5.74) is 2.59. The van der Waals surface area contributed by atoms with Crippen LogP contribution < -0.4 is 21.3 Å². The van der Waals surface area contributed by atoms with E-state index in [-0.39, 0.29) is 17.2 Å². The van der Waals surface area contributed by atoms with Crippen molar-refractivity contribution in [3.05, 3.63) is 62.8 Å². The highest BCUT2D eigenvalue weighted by Crippen LogP contribution is 2.27.